The summed E-state index contributed by atoms with van der Waals surface area (Å²) in [6.45, 7) is 3.60. The number of hydrogen-bond acceptors (Lipinski definition) is 8. The van der Waals surface area contributed by atoms with Gasteiger partial charge in [-0.2, -0.15) is 0 Å². The van der Waals surface area contributed by atoms with Gasteiger partial charge in [0, 0.05) is 22.0 Å². The molecule has 4 aromatic rings. The summed E-state index contributed by atoms with van der Waals surface area (Å²) in [6, 6.07) is 16.6. The third-order valence-electron chi connectivity index (χ3n) is 8.17. The van der Waals surface area contributed by atoms with E-state index in [1.807, 2.05) is 18.2 Å². The number of rotatable bonds is 5. The van der Waals surface area contributed by atoms with Crippen molar-refractivity contribution in [2.75, 3.05) is 5.32 Å². The van der Waals surface area contributed by atoms with Gasteiger partial charge in [0.25, 0.3) is 5.91 Å². The number of aromatic hydroxyl groups is 1. The van der Waals surface area contributed by atoms with Gasteiger partial charge in [0.2, 0.25) is 17.7 Å². The van der Waals surface area contributed by atoms with Crippen LogP contribution in [0.25, 0.3) is 0 Å². The van der Waals surface area contributed by atoms with Crippen molar-refractivity contribution in [1.29, 1.82) is 0 Å². The molecule has 236 valence electrons. The number of benzene rings is 3. The van der Waals surface area contributed by atoms with E-state index in [0.717, 1.165) is 5.56 Å². The number of carbonyl (C=O) groups is 4. The monoisotopic (exact) mass is 687 g/mol. The summed E-state index contributed by atoms with van der Waals surface area (Å²) in [5.74, 6) is -3.05. The molecule has 2 aliphatic rings. The minimum atomic E-state index is -1.91. The summed E-state index contributed by atoms with van der Waals surface area (Å²) in [6.07, 6.45) is -0.862. The fourth-order valence-electron chi connectivity index (χ4n) is 5.93. The van der Waals surface area contributed by atoms with Gasteiger partial charge < -0.3 is 35.9 Å². The average molecular weight is 689 g/mol. The first-order chi connectivity index (χ1) is 22.0. The third-order valence-corrected chi connectivity index (χ3v) is 8.83. The highest BCUT2D eigenvalue weighted by Crippen LogP contribution is 2.53. The second-order valence-corrected chi connectivity index (χ2v) is 12.4. The van der Waals surface area contributed by atoms with E-state index in [1.54, 1.807) is 50.2 Å². The van der Waals surface area contributed by atoms with Crippen LogP contribution in [-0.2, 0) is 32.8 Å². The molecule has 1 spiro atoms. The Labute approximate surface area is 271 Å². The molecule has 0 unspecified atom stereocenters. The van der Waals surface area contributed by atoms with Crippen LogP contribution >= 0.6 is 15.9 Å². The van der Waals surface area contributed by atoms with Crippen LogP contribution in [0.3, 0.4) is 0 Å². The van der Waals surface area contributed by atoms with E-state index in [-0.39, 0.29) is 47.6 Å². The number of amides is 4. The number of nitrogens with two attached hydrogens (primary N) is 1. The fourth-order valence-corrected chi connectivity index (χ4v) is 6.39. The molecule has 6 N–H and O–H groups in total. The van der Waals surface area contributed by atoms with E-state index in [0.29, 0.717) is 21.3 Å². The van der Waals surface area contributed by atoms with Crippen LogP contribution in [0.5, 0.6) is 5.75 Å². The lowest BCUT2D eigenvalue weighted by Gasteiger charge is -2.29. The lowest BCUT2D eigenvalue weighted by molar-refractivity contribution is -0.124. The fraction of sp³-hybridized carbons (Fsp3) is 0.242. The smallest absolute Gasteiger partial charge is 0.408 e. The van der Waals surface area contributed by atoms with Gasteiger partial charge >= 0.3 is 6.09 Å². The maximum atomic E-state index is 14.3. The first-order valence-electron chi connectivity index (χ1n) is 14.5. The predicted octanol–water partition coefficient (Wildman–Crippen LogP) is 4.19. The molecule has 6 rings (SSSR count). The molecule has 0 saturated heterocycles. The SMILES string of the molecule is CC(C)[C@@H]1NC(=O)[C@@H](NC(=O)OCc2ccccc2)Cc2ccc(O)c(c2)[C@]2(C(=O)Nc3c(Br)cccc32)c2oc1nc2C(N)=O. The van der Waals surface area contributed by atoms with E-state index in [4.69, 9.17) is 14.9 Å². The van der Waals surface area contributed by atoms with Crippen LogP contribution in [0.2, 0.25) is 0 Å². The number of primary amides is 1. The van der Waals surface area contributed by atoms with E-state index in [1.165, 1.54) is 12.1 Å². The van der Waals surface area contributed by atoms with Gasteiger partial charge in [-0.15, -0.1) is 0 Å². The minimum Gasteiger partial charge on any atom is -0.508 e. The van der Waals surface area contributed by atoms with Gasteiger partial charge in [-0.3, -0.25) is 14.4 Å². The first kappa shape index (κ1) is 30.8. The summed E-state index contributed by atoms with van der Waals surface area (Å²) in [4.78, 5) is 58.3. The van der Waals surface area contributed by atoms with Crippen molar-refractivity contribution in [3.8, 4) is 5.75 Å². The van der Waals surface area contributed by atoms with Crippen molar-refractivity contribution in [3.63, 3.8) is 0 Å². The van der Waals surface area contributed by atoms with Gasteiger partial charge in [-0.1, -0.05) is 68.4 Å². The second kappa shape index (κ2) is 12.0. The minimum absolute atomic E-state index is 0.0133. The number of halogens is 1. The Hall–Kier alpha value is -5.17. The molecular weight excluding hydrogens is 658 g/mol. The van der Waals surface area contributed by atoms with Gasteiger partial charge in [-0.05, 0) is 45.1 Å². The van der Waals surface area contributed by atoms with Crippen LogP contribution in [0.4, 0.5) is 10.5 Å². The normalized spacial score (nSPS) is 20.3. The highest BCUT2D eigenvalue weighted by Gasteiger charge is 2.57. The van der Waals surface area contributed by atoms with Crippen molar-refractivity contribution in [2.24, 2.45) is 11.7 Å². The molecular formula is C33H30BrN5O7. The number of oxazole rings is 1. The molecule has 4 bridgehead atoms. The zero-order valence-electron chi connectivity index (χ0n) is 24.8. The predicted molar refractivity (Wildman–Crippen MR) is 169 cm³/mol. The molecule has 4 amide bonds. The van der Waals surface area contributed by atoms with E-state index in [2.05, 4.69) is 36.9 Å². The summed E-state index contributed by atoms with van der Waals surface area (Å²) in [5.41, 5.74) is 5.68. The molecule has 0 radical (unpaired) electrons. The van der Waals surface area contributed by atoms with E-state index in [9.17, 15) is 24.3 Å². The van der Waals surface area contributed by atoms with Crippen molar-refractivity contribution in [1.82, 2.24) is 15.6 Å². The average Bonchev–Trinajstić information content (AvgIpc) is 3.59. The van der Waals surface area contributed by atoms with Crippen LogP contribution in [0, 0.1) is 5.92 Å². The number of alkyl carbamates (subject to hydrolysis) is 1. The molecule has 0 saturated carbocycles. The van der Waals surface area contributed by atoms with Gasteiger partial charge in [-0.25, -0.2) is 9.78 Å². The number of phenolic OH excluding ortho intramolecular Hbond substituents is 1. The van der Waals surface area contributed by atoms with Gasteiger partial charge in [0.05, 0.1) is 5.69 Å². The largest absolute Gasteiger partial charge is 0.508 e. The second-order valence-electron chi connectivity index (χ2n) is 11.5. The molecule has 12 nitrogen and oxygen atoms in total. The lowest BCUT2D eigenvalue weighted by atomic mass is 9.71. The number of phenols is 1. The Morgan fingerprint density at radius 1 is 1.13 bits per heavy atom. The third kappa shape index (κ3) is 5.26. The summed E-state index contributed by atoms with van der Waals surface area (Å²) >= 11 is 3.48. The van der Waals surface area contributed by atoms with Crippen molar-refractivity contribution in [3.05, 3.63) is 111 Å². The molecule has 0 aliphatic carbocycles. The van der Waals surface area contributed by atoms with E-state index < -0.39 is 41.3 Å². The number of aromatic nitrogens is 1. The zero-order chi connectivity index (χ0) is 32.7. The highest BCUT2D eigenvalue weighted by molar-refractivity contribution is 9.10. The summed E-state index contributed by atoms with van der Waals surface area (Å²) < 4.78 is 12.3. The number of para-hydroxylation sites is 1. The zero-order valence-corrected chi connectivity index (χ0v) is 26.4. The molecule has 3 heterocycles. The maximum absolute atomic E-state index is 14.3. The van der Waals surface area contributed by atoms with Gasteiger partial charge in [0.1, 0.15) is 24.4 Å². The van der Waals surface area contributed by atoms with Crippen LogP contribution in [0.15, 0.2) is 75.6 Å². The number of fused-ring (bicyclic) bond motifs is 8. The highest BCUT2D eigenvalue weighted by atomic mass is 79.9. The molecule has 13 heteroatoms. The lowest BCUT2D eigenvalue weighted by Crippen LogP contribution is -2.49. The molecule has 46 heavy (non-hydrogen) atoms. The molecule has 0 fully saturated rings. The summed E-state index contributed by atoms with van der Waals surface area (Å²) in [5, 5.41) is 19.8. The Balaban J connectivity index is 1.52. The summed E-state index contributed by atoms with van der Waals surface area (Å²) in [7, 11) is 0. The van der Waals surface area contributed by atoms with E-state index >= 15 is 0 Å². The Morgan fingerprint density at radius 3 is 2.61 bits per heavy atom. The number of hydrogen-bond donors (Lipinski definition) is 5. The molecule has 2 aliphatic heterocycles. The Bertz CT molecular complexity index is 1880. The quantitative estimate of drug-likeness (QED) is 0.207. The number of anilines is 1. The Kier molecular flexibility index (Phi) is 8.03. The van der Waals surface area contributed by atoms with Crippen molar-refractivity contribution < 1.29 is 33.4 Å². The first-order valence-corrected chi connectivity index (χ1v) is 15.3. The number of ether oxygens (including phenoxy) is 1. The molecule has 3 atom stereocenters. The van der Waals surface area contributed by atoms with Crippen molar-refractivity contribution >= 4 is 45.4 Å². The van der Waals surface area contributed by atoms with Crippen molar-refractivity contribution in [2.45, 2.75) is 44.4 Å². The Morgan fingerprint density at radius 2 is 1.89 bits per heavy atom. The molecule has 3 aromatic carbocycles. The van der Waals surface area contributed by atoms with Crippen LogP contribution < -0.4 is 21.7 Å². The number of carbonyl (C=O) groups excluding carboxylic acids is 4. The van der Waals surface area contributed by atoms with Crippen LogP contribution in [-0.4, -0.2) is 39.9 Å². The number of nitrogens with zero attached hydrogens (tertiary/aromatic N) is 1. The standard InChI is InChI=1S/C33H30BrN5O7/c1-16(2)24-30-38-26(28(35)41)27(46-30)33(19-9-6-10-21(34)25(19)39-31(33)43)20-13-18(11-12-23(20)40)14-22(29(42)37-24)36-32(44)45-15-17-7-4-3-5-8-17/h3-13,16,22,24,40H,14-15H2,1-2H3,(H2,35,41)(H,36,44)(H,37,42)(H,39,43)/t22-,24-,33-/m0/s1. The topological polar surface area (TPSA) is 186 Å². The van der Waals surface area contributed by atoms with Gasteiger partial charge in [0.15, 0.2) is 16.9 Å². The van der Waals surface area contributed by atoms with Crippen LogP contribution in [0.1, 0.15) is 64.3 Å². The maximum Gasteiger partial charge on any atom is 0.408 e. The molecule has 1 aromatic heterocycles. The number of nitrogens with one attached hydrogen (secondary N) is 3.